The van der Waals surface area contributed by atoms with E-state index in [1.165, 1.54) is 44.6 Å². The van der Waals surface area contributed by atoms with Gasteiger partial charge in [0.25, 0.3) is 17.7 Å². The number of pyridine rings is 3. The number of aromatic nitrogens is 9. The fraction of sp³-hybridized carbons (Fsp3) is 0.402. The number of carboxylic acid groups (broad SMARTS) is 1. The minimum absolute atomic E-state index is 0.00189. The zero-order valence-corrected chi connectivity index (χ0v) is 78.2. The lowest BCUT2D eigenvalue weighted by Crippen LogP contribution is -2.45. The smallest absolute Gasteiger partial charge is 0.410 e. The average Bonchev–Trinajstić information content (AvgIpc) is 1.59. The van der Waals surface area contributed by atoms with Gasteiger partial charge < -0.3 is 48.7 Å². The number of amides is 6. The third kappa shape index (κ3) is 21.0. The molecule has 5 aromatic carbocycles. The van der Waals surface area contributed by atoms with E-state index in [0.717, 1.165) is 134 Å². The number of aliphatic carboxylic acids is 1. The SMILES string of the molecule is CN(C/C=C/C(=O)O)C1CC1.COc1ccc(Cn2nc3c4c(ccnc42)N(c2ccc(C)cc2)C(=O)CN3[C@@H]2CCN(C(=O)/C=C/CN(C)C3CC3)C2)cc1.COc1ccc(Cn2nc3c4c(ccnc42)N(c2ccc(C)cc2)C(=O)CN3[C@@H]2CCN(C(=O)OC(C)(C)C)C2)cc1.Cc1ccc(N2C(=O)CN([C@@H]3CCN(C(=O)/C=C/CN(C)C4CC4)C3)c3n[nH]c4nccc2c34)cc1. The maximum Gasteiger partial charge on any atom is 0.410 e. The van der Waals surface area contributed by atoms with Crippen molar-refractivity contribution in [3.63, 3.8) is 0 Å². The number of aryl methyl sites for hydroxylation is 3. The van der Waals surface area contributed by atoms with Gasteiger partial charge in [-0.3, -0.25) is 58.5 Å². The number of H-pyrrole nitrogens is 1. The van der Waals surface area contributed by atoms with Crippen LogP contribution in [-0.4, -0.2) is 277 Å². The third-order valence-corrected chi connectivity index (χ3v) is 26.2. The van der Waals surface area contributed by atoms with Crippen LogP contribution in [0.25, 0.3) is 33.1 Å². The van der Waals surface area contributed by atoms with Gasteiger partial charge in [0.15, 0.2) is 34.4 Å². The molecule has 6 amide bonds. The number of hydrogen-bond donors (Lipinski definition) is 2. The van der Waals surface area contributed by atoms with Crippen LogP contribution in [0.2, 0.25) is 0 Å². The zero-order valence-electron chi connectivity index (χ0n) is 78.2. The Morgan fingerprint density at radius 3 is 1.16 bits per heavy atom. The first kappa shape index (κ1) is 92.0. The lowest BCUT2D eigenvalue weighted by molar-refractivity contribution is -0.131. The van der Waals surface area contributed by atoms with Crippen LogP contribution in [0.15, 0.2) is 195 Å². The number of nitrogens with zero attached hydrogens (tertiary/aromatic N) is 20. The molecule has 32 heteroatoms. The summed E-state index contributed by atoms with van der Waals surface area (Å²) in [4.78, 5) is 129. The van der Waals surface area contributed by atoms with Crippen molar-refractivity contribution in [1.29, 1.82) is 0 Å². The highest BCUT2D eigenvalue weighted by atomic mass is 16.6. The minimum atomic E-state index is -0.866. The van der Waals surface area contributed by atoms with Crippen LogP contribution in [0.3, 0.4) is 0 Å². The molecule has 11 aromatic rings. The highest BCUT2D eigenvalue weighted by Gasteiger charge is 2.44. The van der Waals surface area contributed by atoms with Crippen LogP contribution in [0.1, 0.15) is 106 Å². The minimum Gasteiger partial charge on any atom is -0.497 e. The topological polar surface area (TPSA) is 309 Å². The predicted molar refractivity (Wildman–Crippen MR) is 518 cm³/mol. The van der Waals surface area contributed by atoms with Crippen LogP contribution in [0.5, 0.6) is 11.5 Å². The third-order valence-electron chi connectivity index (χ3n) is 26.2. The zero-order chi connectivity index (χ0) is 93.8. The standard InChI is InChI=1S/C35H39N7O3.C32H36N6O4.C27H31N7O2.C8H13NO2/c1-24-6-10-27(11-7-24)42-30-16-18-36-34-33(30)35(37-41(34)21-25-8-14-29(45-3)15-9-25)40(23-32(42)44)28-17-20-39(22-28)31(43)5-4-19-38(2)26-12-13-26;1-21-6-10-23(11-7-21)38-26-14-16-33-29-28(26)30(34-37(29)18-22-8-12-25(41-5)13-9-22)36(20-27(38)39)24-15-17-35(19-24)31(40)42-32(2,3)4;1-18-5-7-20(8-6-18)34-22-11-13-28-26-25(22)27(30-29-26)33(17-24(34)36)21-12-15-32(16-21)23(35)4-3-14-31(2)19-9-10-19;1-9(7-4-5-7)6-2-3-8(10)11/h4-11,14-16,18,26,28H,12-13,17,19-23H2,1-3H3;6-14,16,24H,15,17-20H2,1-5H3;3-8,11,13,19,21H,9-10,12,14-17H2,1-2H3,(H,28,29,30);2-3,7H,4-6H2,1H3,(H,10,11)/b5-4+;;4-3+;3-2+/t28-;24-;21-;/m111./s1. The van der Waals surface area contributed by atoms with Gasteiger partial charge in [0.2, 0.25) is 11.8 Å². The molecule has 6 aromatic heterocycles. The van der Waals surface area contributed by atoms with Gasteiger partial charge in [-0.15, -0.1) is 0 Å². The van der Waals surface area contributed by atoms with E-state index in [4.69, 9.17) is 39.5 Å². The van der Waals surface area contributed by atoms with Crippen LogP contribution >= 0.6 is 0 Å². The van der Waals surface area contributed by atoms with Gasteiger partial charge in [-0.05, 0) is 210 Å². The summed E-state index contributed by atoms with van der Waals surface area (Å²) >= 11 is 0. The number of hydrogen-bond acceptors (Lipinski definition) is 22. The van der Waals surface area contributed by atoms with Crippen molar-refractivity contribution in [1.82, 2.24) is 74.1 Å². The van der Waals surface area contributed by atoms with E-state index in [2.05, 4.69) is 58.7 Å². The maximum absolute atomic E-state index is 14.1. The molecule has 3 aliphatic carbocycles. The van der Waals surface area contributed by atoms with Crippen molar-refractivity contribution < 1.29 is 52.9 Å². The summed E-state index contributed by atoms with van der Waals surface area (Å²) in [6, 6.07) is 47.3. The molecule has 6 aliphatic heterocycles. The molecular formula is C102H119N21O11. The lowest BCUT2D eigenvalue weighted by atomic mass is 10.1. The van der Waals surface area contributed by atoms with E-state index in [1.807, 2.05) is 219 Å². The highest BCUT2D eigenvalue weighted by molar-refractivity contribution is 6.17. The summed E-state index contributed by atoms with van der Waals surface area (Å²) < 4.78 is 20.1. The molecule has 3 saturated heterocycles. The van der Waals surface area contributed by atoms with Crippen molar-refractivity contribution in [2.75, 3.05) is 143 Å². The van der Waals surface area contributed by atoms with Gasteiger partial charge in [-0.1, -0.05) is 95.6 Å². The van der Waals surface area contributed by atoms with Crippen molar-refractivity contribution >= 4 is 126 Å². The second-order valence-corrected chi connectivity index (χ2v) is 37.3. The Labute approximate surface area is 780 Å². The highest BCUT2D eigenvalue weighted by Crippen LogP contribution is 2.46. The Morgan fingerprint density at radius 2 is 0.799 bits per heavy atom. The van der Waals surface area contributed by atoms with Gasteiger partial charge in [0.05, 0.1) is 98.3 Å². The number of rotatable bonds is 24. The molecule has 0 spiro atoms. The number of carbonyl (C=O) groups excluding carboxylic acids is 6. The number of nitrogens with one attached hydrogen (secondary N) is 1. The number of likely N-dealkylation sites (tertiary alicyclic amines) is 3. The number of carbonyl (C=O) groups is 7. The molecule has 0 unspecified atom stereocenters. The number of ether oxygens (including phenoxy) is 3. The van der Waals surface area contributed by atoms with Crippen LogP contribution < -0.4 is 38.9 Å². The van der Waals surface area contributed by atoms with E-state index in [9.17, 15) is 33.6 Å². The number of benzene rings is 5. The summed E-state index contributed by atoms with van der Waals surface area (Å²) in [6.07, 6.45) is 24.8. The number of likely N-dealkylation sites (N-methyl/N-ethyl adjacent to an activating group) is 3. The predicted octanol–water partition coefficient (Wildman–Crippen LogP) is 13.5. The van der Waals surface area contributed by atoms with Gasteiger partial charge in [-0.25, -0.2) is 33.9 Å². The largest absolute Gasteiger partial charge is 0.497 e. The monoisotopic (exact) mass is 1810 g/mol. The van der Waals surface area contributed by atoms with Crippen molar-refractivity contribution in [2.24, 2.45) is 0 Å². The lowest BCUT2D eigenvalue weighted by Gasteiger charge is -2.29. The molecule has 0 radical (unpaired) electrons. The van der Waals surface area contributed by atoms with Crippen molar-refractivity contribution in [3.05, 3.63) is 222 Å². The normalized spacial score (nSPS) is 18.5. The summed E-state index contributed by atoms with van der Waals surface area (Å²) in [7, 11) is 9.53. The fourth-order valence-corrected chi connectivity index (χ4v) is 18.4. The average molecular weight is 1820 g/mol. The Balaban J connectivity index is 0.000000133. The number of carboxylic acids is 1. The molecule has 0 bridgehead atoms. The van der Waals surface area contributed by atoms with E-state index in [-0.39, 0.29) is 73.4 Å². The first-order chi connectivity index (χ1) is 64.7. The van der Waals surface area contributed by atoms with E-state index >= 15 is 0 Å². The Morgan fingerprint density at radius 1 is 0.448 bits per heavy atom. The first-order valence-electron chi connectivity index (χ1n) is 46.4. The Kier molecular flexibility index (Phi) is 27.4. The van der Waals surface area contributed by atoms with Crippen molar-refractivity contribution in [2.45, 2.75) is 154 Å². The molecule has 2 N–H and O–H groups in total. The molecule has 20 rings (SSSR count). The summed E-state index contributed by atoms with van der Waals surface area (Å²) in [6.45, 7) is 18.8. The van der Waals surface area contributed by atoms with Crippen LogP contribution in [0.4, 0.5) is 56.4 Å². The van der Waals surface area contributed by atoms with Gasteiger partial charge in [0, 0.05) is 131 Å². The van der Waals surface area contributed by atoms with Gasteiger partial charge in [-0.2, -0.15) is 15.3 Å². The second kappa shape index (κ2) is 39.9. The quantitative estimate of drug-likeness (QED) is 0.0531. The van der Waals surface area contributed by atoms with E-state index < -0.39 is 11.6 Å². The molecule has 9 aliphatic rings. The van der Waals surface area contributed by atoms with Crippen LogP contribution in [-0.2, 0) is 46.6 Å². The van der Waals surface area contributed by atoms with Gasteiger partial charge >= 0.3 is 12.1 Å². The van der Waals surface area contributed by atoms with Crippen LogP contribution in [0, 0.1) is 20.8 Å². The molecule has 134 heavy (non-hydrogen) atoms. The Hall–Kier alpha value is -13.9. The number of anilines is 9. The molecule has 3 atom stereocenters. The number of aromatic amines is 1. The molecule has 32 nitrogen and oxygen atoms in total. The van der Waals surface area contributed by atoms with E-state index in [0.29, 0.717) is 99.7 Å². The summed E-state index contributed by atoms with van der Waals surface area (Å²) in [5, 5.41) is 28.6. The molecule has 12 heterocycles. The van der Waals surface area contributed by atoms with E-state index in [1.54, 1.807) is 70.6 Å². The molecular weight excluding hydrogens is 1700 g/mol. The molecule has 698 valence electrons. The van der Waals surface area contributed by atoms with Gasteiger partial charge in [0.1, 0.15) is 17.1 Å². The molecule has 6 fully saturated rings. The van der Waals surface area contributed by atoms with Crippen molar-refractivity contribution in [3.8, 4) is 11.5 Å². The molecule has 3 saturated carbocycles. The number of methoxy groups -OCH3 is 2. The first-order valence-corrected chi connectivity index (χ1v) is 46.4. The fourth-order valence-electron chi connectivity index (χ4n) is 18.4. The second-order valence-electron chi connectivity index (χ2n) is 37.3. The maximum atomic E-state index is 14.1. The Bertz CT molecular complexity index is 6210. The summed E-state index contributed by atoms with van der Waals surface area (Å²) in [5.74, 6) is 2.76. The summed E-state index contributed by atoms with van der Waals surface area (Å²) in [5.41, 5.74) is 11.6.